The molecular weight excluding hydrogens is 409 g/mol. The molecule has 1 heterocycles. The number of amides is 2. The molecule has 0 radical (unpaired) electrons. The molecule has 1 atom stereocenters. The van der Waals surface area contributed by atoms with Gasteiger partial charge in [-0.3, -0.25) is 9.59 Å². The lowest BCUT2D eigenvalue weighted by atomic mass is 9.96. The molecule has 29 heavy (non-hydrogen) atoms. The number of piperidine rings is 1. The van der Waals surface area contributed by atoms with Crippen LogP contribution < -0.4 is 10.1 Å². The van der Waals surface area contributed by atoms with Crippen molar-refractivity contribution in [1.82, 2.24) is 4.90 Å². The number of benzene rings is 2. The van der Waals surface area contributed by atoms with E-state index in [0.717, 1.165) is 0 Å². The molecule has 0 unspecified atom stereocenters. The molecule has 0 aliphatic carbocycles. The van der Waals surface area contributed by atoms with Crippen molar-refractivity contribution >= 4 is 29.1 Å². The molecule has 0 aromatic heterocycles. The summed E-state index contributed by atoms with van der Waals surface area (Å²) < 4.78 is 41.9. The third-order valence-corrected chi connectivity index (χ3v) is 4.88. The van der Waals surface area contributed by atoms with Crippen molar-refractivity contribution in [2.24, 2.45) is 5.92 Å². The molecular formula is C20H18ClF3N2O3. The number of likely N-dealkylation sites (tertiary alicyclic amines) is 1. The van der Waals surface area contributed by atoms with Gasteiger partial charge < -0.3 is 15.0 Å². The molecule has 2 amide bonds. The number of ether oxygens (including phenoxy) is 1. The van der Waals surface area contributed by atoms with Crippen LogP contribution >= 0.6 is 11.6 Å². The third kappa shape index (κ3) is 5.41. The summed E-state index contributed by atoms with van der Waals surface area (Å²) in [6.45, 7) is -2.27. The Labute approximate surface area is 170 Å². The average Bonchev–Trinajstić information content (AvgIpc) is 2.70. The lowest BCUT2D eigenvalue weighted by molar-refractivity contribution is -0.121. The number of nitrogens with one attached hydrogen (secondary N) is 1. The smallest absolute Gasteiger partial charge is 0.387 e. The molecule has 1 N–H and O–H groups in total. The summed E-state index contributed by atoms with van der Waals surface area (Å²) in [6, 6.07) is 9.22. The maximum absolute atomic E-state index is 13.1. The van der Waals surface area contributed by atoms with E-state index in [4.69, 9.17) is 11.6 Å². The Balaban J connectivity index is 1.63. The van der Waals surface area contributed by atoms with Crippen molar-refractivity contribution in [3.8, 4) is 5.75 Å². The van der Waals surface area contributed by atoms with Crippen LogP contribution in [-0.2, 0) is 4.79 Å². The molecule has 154 valence electrons. The highest BCUT2D eigenvalue weighted by Crippen LogP contribution is 2.29. The van der Waals surface area contributed by atoms with E-state index < -0.39 is 18.3 Å². The number of anilines is 1. The van der Waals surface area contributed by atoms with Crippen molar-refractivity contribution in [2.75, 3.05) is 18.4 Å². The van der Waals surface area contributed by atoms with E-state index in [0.29, 0.717) is 30.6 Å². The van der Waals surface area contributed by atoms with Crippen LogP contribution in [0.2, 0.25) is 5.02 Å². The minimum atomic E-state index is -3.00. The Kier molecular flexibility index (Phi) is 6.64. The molecule has 0 bridgehead atoms. The van der Waals surface area contributed by atoms with Gasteiger partial charge in [-0.1, -0.05) is 11.6 Å². The Hall–Kier alpha value is -2.74. The van der Waals surface area contributed by atoms with E-state index in [2.05, 4.69) is 10.1 Å². The highest BCUT2D eigenvalue weighted by molar-refractivity contribution is 6.32. The van der Waals surface area contributed by atoms with Gasteiger partial charge in [0.15, 0.2) is 0 Å². The van der Waals surface area contributed by atoms with Gasteiger partial charge in [0.05, 0.1) is 10.9 Å². The predicted octanol–water partition coefficient (Wildman–Crippen LogP) is 4.57. The summed E-state index contributed by atoms with van der Waals surface area (Å²) in [5.41, 5.74) is 0.692. The quantitative estimate of drug-likeness (QED) is 0.761. The van der Waals surface area contributed by atoms with Gasteiger partial charge in [-0.2, -0.15) is 8.78 Å². The maximum atomic E-state index is 13.1. The van der Waals surface area contributed by atoms with Crippen LogP contribution in [-0.4, -0.2) is 36.4 Å². The average molecular weight is 427 g/mol. The Morgan fingerprint density at radius 1 is 1.17 bits per heavy atom. The zero-order valence-electron chi connectivity index (χ0n) is 15.2. The molecule has 1 saturated heterocycles. The van der Waals surface area contributed by atoms with Crippen molar-refractivity contribution in [3.63, 3.8) is 0 Å². The number of hydrogen-bond donors (Lipinski definition) is 1. The summed E-state index contributed by atoms with van der Waals surface area (Å²) >= 11 is 5.90. The van der Waals surface area contributed by atoms with Gasteiger partial charge in [-0.15, -0.1) is 0 Å². The van der Waals surface area contributed by atoms with Gasteiger partial charge in [-0.05, 0) is 55.3 Å². The highest BCUT2D eigenvalue weighted by Gasteiger charge is 2.29. The Bertz CT molecular complexity index is 893. The van der Waals surface area contributed by atoms with Crippen LogP contribution in [0, 0.1) is 11.7 Å². The van der Waals surface area contributed by atoms with Gasteiger partial charge in [0.2, 0.25) is 5.91 Å². The van der Waals surface area contributed by atoms with E-state index in [1.165, 1.54) is 42.5 Å². The lowest BCUT2D eigenvalue weighted by Gasteiger charge is -2.32. The summed E-state index contributed by atoms with van der Waals surface area (Å²) in [6.07, 6.45) is 1.24. The number of carbonyl (C=O) groups is 2. The van der Waals surface area contributed by atoms with Gasteiger partial charge in [0.1, 0.15) is 11.6 Å². The lowest BCUT2D eigenvalue weighted by Crippen LogP contribution is -2.43. The highest BCUT2D eigenvalue weighted by atomic mass is 35.5. The van der Waals surface area contributed by atoms with Crippen LogP contribution in [0.25, 0.3) is 0 Å². The third-order valence-electron chi connectivity index (χ3n) is 4.59. The van der Waals surface area contributed by atoms with Crippen LogP contribution in [0.15, 0.2) is 42.5 Å². The molecule has 1 fully saturated rings. The fourth-order valence-electron chi connectivity index (χ4n) is 3.17. The molecule has 0 saturated carbocycles. The van der Waals surface area contributed by atoms with E-state index >= 15 is 0 Å². The molecule has 0 spiro atoms. The first-order chi connectivity index (χ1) is 13.8. The van der Waals surface area contributed by atoms with E-state index in [1.807, 2.05) is 0 Å². The second-order valence-corrected chi connectivity index (χ2v) is 7.02. The largest absolute Gasteiger partial charge is 0.433 e. The van der Waals surface area contributed by atoms with E-state index in [1.54, 1.807) is 4.90 Å². The number of nitrogens with zero attached hydrogens (tertiary/aromatic N) is 1. The number of halogens is 4. The van der Waals surface area contributed by atoms with E-state index in [-0.39, 0.29) is 29.1 Å². The van der Waals surface area contributed by atoms with Crippen molar-refractivity contribution in [2.45, 2.75) is 19.5 Å². The normalized spacial score (nSPS) is 16.6. The summed E-state index contributed by atoms with van der Waals surface area (Å²) in [5, 5.41) is 2.63. The molecule has 1 aliphatic heterocycles. The summed E-state index contributed by atoms with van der Waals surface area (Å²) in [4.78, 5) is 26.7. The Morgan fingerprint density at radius 2 is 1.90 bits per heavy atom. The molecule has 5 nitrogen and oxygen atoms in total. The SMILES string of the molecule is O=C(Nc1ccc(OC(F)F)c(Cl)c1)[C@@H]1CCCN(C(=O)c2ccc(F)cc2)C1. The fourth-order valence-corrected chi connectivity index (χ4v) is 3.39. The minimum absolute atomic E-state index is 0.0557. The summed E-state index contributed by atoms with van der Waals surface area (Å²) in [7, 11) is 0. The number of alkyl halides is 2. The van der Waals surface area contributed by atoms with Crippen LogP contribution in [0.5, 0.6) is 5.75 Å². The van der Waals surface area contributed by atoms with Gasteiger partial charge in [0, 0.05) is 24.3 Å². The Morgan fingerprint density at radius 3 is 2.55 bits per heavy atom. The number of rotatable bonds is 5. The van der Waals surface area contributed by atoms with E-state index in [9.17, 15) is 22.8 Å². The number of hydrogen-bond acceptors (Lipinski definition) is 3. The molecule has 3 rings (SSSR count). The van der Waals surface area contributed by atoms with Gasteiger partial charge in [0.25, 0.3) is 5.91 Å². The predicted molar refractivity (Wildman–Crippen MR) is 102 cm³/mol. The van der Waals surface area contributed by atoms with Gasteiger partial charge >= 0.3 is 6.61 Å². The number of carbonyl (C=O) groups excluding carboxylic acids is 2. The summed E-state index contributed by atoms with van der Waals surface area (Å²) in [5.74, 6) is -1.63. The first-order valence-corrected chi connectivity index (χ1v) is 9.31. The standard InChI is InChI=1S/C20H18ClF3N2O3/c21-16-10-15(7-8-17(16)29-20(23)24)25-18(27)13-2-1-9-26(11-13)19(28)12-3-5-14(22)6-4-12/h3-8,10,13,20H,1-2,9,11H2,(H,25,27)/t13-/m1/s1. The van der Waals surface area contributed by atoms with Crippen molar-refractivity contribution < 1.29 is 27.5 Å². The molecule has 9 heteroatoms. The van der Waals surface area contributed by atoms with Crippen LogP contribution in [0.1, 0.15) is 23.2 Å². The van der Waals surface area contributed by atoms with Gasteiger partial charge in [-0.25, -0.2) is 4.39 Å². The van der Waals surface area contributed by atoms with Crippen LogP contribution in [0.3, 0.4) is 0 Å². The zero-order chi connectivity index (χ0) is 21.0. The topological polar surface area (TPSA) is 58.6 Å². The van der Waals surface area contributed by atoms with Crippen molar-refractivity contribution in [1.29, 1.82) is 0 Å². The first-order valence-electron chi connectivity index (χ1n) is 8.93. The molecule has 2 aromatic rings. The zero-order valence-corrected chi connectivity index (χ0v) is 16.0. The molecule has 1 aliphatic rings. The molecule has 2 aromatic carbocycles. The fraction of sp³-hybridized carbons (Fsp3) is 0.300. The van der Waals surface area contributed by atoms with Crippen molar-refractivity contribution in [3.05, 3.63) is 58.9 Å². The second-order valence-electron chi connectivity index (χ2n) is 6.61. The second kappa shape index (κ2) is 9.17. The monoisotopic (exact) mass is 426 g/mol. The first kappa shape index (κ1) is 21.0. The minimum Gasteiger partial charge on any atom is -0.433 e. The maximum Gasteiger partial charge on any atom is 0.387 e. The van der Waals surface area contributed by atoms with Crippen LogP contribution in [0.4, 0.5) is 18.9 Å².